The molecular formula is C12H18BrN5O. The molecule has 1 aromatic heterocycles. The molecule has 0 saturated carbocycles. The maximum atomic E-state index is 12.5. The monoisotopic (exact) mass is 327 g/mol. The number of amides is 1. The topological polar surface area (TPSA) is 74.5 Å². The van der Waals surface area contributed by atoms with E-state index in [9.17, 15) is 4.79 Å². The number of piperazine rings is 1. The van der Waals surface area contributed by atoms with Gasteiger partial charge in [0.1, 0.15) is 0 Å². The summed E-state index contributed by atoms with van der Waals surface area (Å²) in [6.45, 7) is 6.46. The van der Waals surface area contributed by atoms with E-state index in [1.165, 1.54) is 0 Å². The molecular weight excluding hydrogens is 310 g/mol. The minimum absolute atomic E-state index is 0.0301. The smallest absolute Gasteiger partial charge is 0.257 e. The van der Waals surface area contributed by atoms with Crippen LogP contribution in [0, 0.1) is 0 Å². The third kappa shape index (κ3) is 3.23. The summed E-state index contributed by atoms with van der Waals surface area (Å²) >= 11 is 3.33. The summed E-state index contributed by atoms with van der Waals surface area (Å²) in [7, 11) is 0. The molecule has 1 aromatic rings. The minimum Gasteiger partial charge on any atom is -0.336 e. The van der Waals surface area contributed by atoms with E-state index in [1.54, 1.807) is 12.3 Å². The first-order valence-electron chi connectivity index (χ1n) is 6.29. The Labute approximate surface area is 121 Å². The Morgan fingerprint density at radius 1 is 1.47 bits per heavy atom. The molecule has 6 nitrogen and oxygen atoms in total. The maximum Gasteiger partial charge on any atom is 0.257 e. The fourth-order valence-corrected chi connectivity index (χ4v) is 2.49. The second-order valence-electron chi connectivity index (χ2n) is 4.42. The van der Waals surface area contributed by atoms with E-state index in [-0.39, 0.29) is 5.91 Å². The predicted molar refractivity (Wildman–Crippen MR) is 77.8 cm³/mol. The van der Waals surface area contributed by atoms with Crippen LogP contribution < -0.4 is 11.3 Å². The Bertz CT molecular complexity index is 459. The highest BCUT2D eigenvalue weighted by Gasteiger charge is 2.23. The van der Waals surface area contributed by atoms with Crippen molar-refractivity contribution in [3.63, 3.8) is 0 Å². The van der Waals surface area contributed by atoms with Crippen LogP contribution in [0.5, 0.6) is 0 Å². The van der Waals surface area contributed by atoms with Crippen molar-refractivity contribution < 1.29 is 4.79 Å². The first-order chi connectivity index (χ1) is 9.15. The summed E-state index contributed by atoms with van der Waals surface area (Å²) in [6.07, 6.45) is 1.61. The molecule has 19 heavy (non-hydrogen) atoms. The van der Waals surface area contributed by atoms with E-state index in [2.05, 4.69) is 38.2 Å². The number of hydrogen-bond donors (Lipinski definition) is 2. The molecule has 0 bridgehead atoms. The third-order valence-electron chi connectivity index (χ3n) is 3.33. The highest BCUT2D eigenvalue weighted by Crippen LogP contribution is 2.19. The zero-order chi connectivity index (χ0) is 13.8. The van der Waals surface area contributed by atoms with Crippen molar-refractivity contribution in [3.8, 4) is 0 Å². The summed E-state index contributed by atoms with van der Waals surface area (Å²) in [5.41, 5.74) is 2.97. The summed E-state index contributed by atoms with van der Waals surface area (Å²) in [4.78, 5) is 20.7. The number of carbonyl (C=O) groups excluding carboxylic acids is 1. The van der Waals surface area contributed by atoms with Crippen molar-refractivity contribution >= 4 is 27.7 Å². The Kier molecular flexibility index (Phi) is 4.73. The SMILES string of the molecule is CCN1CCN(C(=O)c2cc(Br)cnc2NN)CC1. The number of aromatic nitrogens is 1. The van der Waals surface area contributed by atoms with E-state index in [4.69, 9.17) is 5.84 Å². The summed E-state index contributed by atoms with van der Waals surface area (Å²) < 4.78 is 0.766. The average molecular weight is 328 g/mol. The third-order valence-corrected chi connectivity index (χ3v) is 3.76. The number of rotatable bonds is 3. The number of carbonyl (C=O) groups is 1. The van der Waals surface area contributed by atoms with Crippen molar-refractivity contribution in [2.75, 3.05) is 38.1 Å². The van der Waals surface area contributed by atoms with Gasteiger partial charge in [0.2, 0.25) is 0 Å². The number of anilines is 1. The van der Waals surface area contributed by atoms with Crippen molar-refractivity contribution in [2.45, 2.75) is 6.92 Å². The minimum atomic E-state index is -0.0301. The number of nitrogens with two attached hydrogens (primary N) is 1. The van der Waals surface area contributed by atoms with Crippen LogP contribution in [0.3, 0.4) is 0 Å². The van der Waals surface area contributed by atoms with Gasteiger partial charge in [-0.25, -0.2) is 10.8 Å². The van der Waals surface area contributed by atoms with Gasteiger partial charge in [-0.15, -0.1) is 0 Å². The first kappa shape index (κ1) is 14.2. The van der Waals surface area contributed by atoms with Crippen LogP contribution in [0.1, 0.15) is 17.3 Å². The van der Waals surface area contributed by atoms with Gasteiger partial charge >= 0.3 is 0 Å². The van der Waals surface area contributed by atoms with Gasteiger partial charge in [-0.3, -0.25) is 4.79 Å². The lowest BCUT2D eigenvalue weighted by atomic mass is 10.2. The van der Waals surface area contributed by atoms with Crippen LogP contribution in [-0.4, -0.2) is 53.4 Å². The first-order valence-corrected chi connectivity index (χ1v) is 7.08. The van der Waals surface area contributed by atoms with E-state index in [1.807, 2.05) is 4.90 Å². The molecule has 3 N–H and O–H groups in total. The summed E-state index contributed by atoms with van der Waals surface area (Å²) in [5.74, 6) is 5.78. The molecule has 1 aliphatic rings. The summed E-state index contributed by atoms with van der Waals surface area (Å²) in [6, 6.07) is 1.75. The molecule has 7 heteroatoms. The number of hydrazine groups is 1. The van der Waals surface area contributed by atoms with Crippen molar-refractivity contribution in [1.29, 1.82) is 0 Å². The van der Waals surface area contributed by atoms with Crippen molar-refractivity contribution in [3.05, 3.63) is 22.3 Å². The lowest BCUT2D eigenvalue weighted by Crippen LogP contribution is -2.48. The Morgan fingerprint density at radius 2 is 2.16 bits per heavy atom. The number of pyridine rings is 1. The number of likely N-dealkylation sites (N-methyl/N-ethyl adjacent to an activating group) is 1. The van der Waals surface area contributed by atoms with Gasteiger partial charge in [0, 0.05) is 36.8 Å². The van der Waals surface area contributed by atoms with Crippen LogP contribution >= 0.6 is 15.9 Å². The van der Waals surface area contributed by atoms with E-state index < -0.39 is 0 Å². The van der Waals surface area contributed by atoms with Gasteiger partial charge < -0.3 is 15.2 Å². The largest absolute Gasteiger partial charge is 0.336 e. The van der Waals surface area contributed by atoms with E-state index in [0.717, 1.165) is 37.2 Å². The second kappa shape index (κ2) is 6.31. The highest BCUT2D eigenvalue weighted by molar-refractivity contribution is 9.10. The molecule has 1 aliphatic heterocycles. The van der Waals surface area contributed by atoms with Crippen LogP contribution in [0.15, 0.2) is 16.7 Å². The zero-order valence-electron chi connectivity index (χ0n) is 10.9. The van der Waals surface area contributed by atoms with E-state index in [0.29, 0.717) is 11.4 Å². The Balaban J connectivity index is 2.14. The second-order valence-corrected chi connectivity index (χ2v) is 5.34. The molecule has 104 valence electrons. The number of halogens is 1. The number of nitrogens with zero attached hydrogens (tertiary/aromatic N) is 3. The molecule has 0 atom stereocenters. The molecule has 0 spiro atoms. The fourth-order valence-electron chi connectivity index (χ4n) is 2.15. The lowest BCUT2D eigenvalue weighted by Gasteiger charge is -2.34. The normalized spacial score (nSPS) is 16.5. The number of hydrogen-bond acceptors (Lipinski definition) is 5. The predicted octanol–water partition coefficient (Wildman–Crippen LogP) is 0.907. The molecule has 0 aromatic carbocycles. The molecule has 2 heterocycles. The standard InChI is InChI=1S/C12H18BrN5O/c1-2-17-3-5-18(6-4-17)12(19)10-7-9(13)8-15-11(10)16-14/h7-8H,2-6,14H2,1H3,(H,15,16). The molecule has 2 rings (SSSR count). The molecule has 1 fully saturated rings. The highest BCUT2D eigenvalue weighted by atomic mass is 79.9. The van der Waals surface area contributed by atoms with Gasteiger partial charge in [-0.2, -0.15) is 0 Å². The maximum absolute atomic E-state index is 12.5. The number of nitrogens with one attached hydrogen (secondary N) is 1. The molecule has 1 amide bonds. The van der Waals surface area contributed by atoms with Gasteiger partial charge in [-0.05, 0) is 28.5 Å². The van der Waals surface area contributed by atoms with Gasteiger partial charge in [0.25, 0.3) is 5.91 Å². The zero-order valence-corrected chi connectivity index (χ0v) is 12.5. The van der Waals surface area contributed by atoms with Gasteiger partial charge in [0.05, 0.1) is 5.56 Å². The van der Waals surface area contributed by atoms with Crippen molar-refractivity contribution in [2.24, 2.45) is 5.84 Å². The van der Waals surface area contributed by atoms with Crippen LogP contribution in [0.25, 0.3) is 0 Å². The van der Waals surface area contributed by atoms with Crippen molar-refractivity contribution in [1.82, 2.24) is 14.8 Å². The molecule has 1 saturated heterocycles. The van der Waals surface area contributed by atoms with Crippen LogP contribution in [-0.2, 0) is 0 Å². The Morgan fingerprint density at radius 3 is 2.74 bits per heavy atom. The Hall–Kier alpha value is -1.18. The summed E-state index contributed by atoms with van der Waals surface area (Å²) in [5, 5.41) is 0. The molecule has 0 unspecified atom stereocenters. The van der Waals surface area contributed by atoms with Gasteiger partial charge in [-0.1, -0.05) is 6.92 Å². The number of nitrogen functional groups attached to an aromatic ring is 1. The van der Waals surface area contributed by atoms with Crippen LogP contribution in [0.2, 0.25) is 0 Å². The van der Waals surface area contributed by atoms with E-state index >= 15 is 0 Å². The van der Waals surface area contributed by atoms with Gasteiger partial charge in [0.15, 0.2) is 5.82 Å². The lowest BCUT2D eigenvalue weighted by molar-refractivity contribution is 0.0644. The quantitative estimate of drug-likeness (QED) is 0.637. The van der Waals surface area contributed by atoms with Crippen LogP contribution in [0.4, 0.5) is 5.82 Å². The molecule has 0 radical (unpaired) electrons. The average Bonchev–Trinajstić information content (AvgIpc) is 2.46. The molecule has 0 aliphatic carbocycles. The fraction of sp³-hybridized carbons (Fsp3) is 0.500.